The zero-order chi connectivity index (χ0) is 23.1. The summed E-state index contributed by atoms with van der Waals surface area (Å²) < 4.78 is 20.3. The number of pyridine rings is 2. The molecular weight excluding hydrogens is 433 g/mol. The second-order valence-corrected chi connectivity index (χ2v) is 7.97. The number of nitrogens with zero attached hydrogens (tertiary/aromatic N) is 4. The Morgan fingerprint density at radius 2 is 2.00 bits per heavy atom. The van der Waals surface area contributed by atoms with Gasteiger partial charge in [-0.3, -0.25) is 15.1 Å². The van der Waals surface area contributed by atoms with Crippen molar-refractivity contribution in [3.8, 4) is 33.9 Å². The molecule has 5 aromatic heterocycles. The Bertz CT molecular complexity index is 1620. The smallest absolute Gasteiger partial charge is 0.159 e. The first-order chi connectivity index (χ1) is 16.7. The van der Waals surface area contributed by atoms with Crippen LogP contribution in [-0.2, 0) is 6.54 Å². The van der Waals surface area contributed by atoms with Crippen LogP contribution in [-0.4, -0.2) is 36.7 Å². The molecule has 0 aliphatic heterocycles. The number of hydrogen-bond donors (Lipinski definition) is 3. The van der Waals surface area contributed by atoms with Crippen molar-refractivity contribution >= 4 is 21.9 Å². The first-order valence-electron chi connectivity index (χ1n) is 10.9. The molecule has 1 aromatic carbocycles. The minimum absolute atomic E-state index is 0.346. The van der Waals surface area contributed by atoms with Gasteiger partial charge < -0.3 is 14.7 Å². The molecule has 5 heterocycles. The van der Waals surface area contributed by atoms with Crippen molar-refractivity contribution in [3.63, 3.8) is 0 Å². The Morgan fingerprint density at radius 3 is 2.85 bits per heavy atom. The Balaban J connectivity index is 1.47. The summed E-state index contributed by atoms with van der Waals surface area (Å²) in [4.78, 5) is 16.9. The average Bonchev–Trinajstić information content (AvgIpc) is 3.61. The highest BCUT2D eigenvalue weighted by Gasteiger charge is 2.18. The van der Waals surface area contributed by atoms with E-state index in [1.54, 1.807) is 37.2 Å². The lowest BCUT2D eigenvalue weighted by Crippen LogP contribution is -2.11. The van der Waals surface area contributed by atoms with Gasteiger partial charge in [-0.1, -0.05) is 6.92 Å². The van der Waals surface area contributed by atoms with Gasteiger partial charge in [0.25, 0.3) is 0 Å². The van der Waals surface area contributed by atoms with Crippen molar-refractivity contribution < 1.29 is 8.81 Å². The van der Waals surface area contributed by atoms with Gasteiger partial charge in [0, 0.05) is 53.3 Å². The van der Waals surface area contributed by atoms with Gasteiger partial charge in [0.05, 0.1) is 23.6 Å². The standard InChI is InChI=1S/C25H20FN7O/c1-2-27-10-14-7-16(12-28-11-14)17-8-18-21(9-19(17)26)32-33-23(18)25-30-20-3-5-29-22(24(20)31-25)15-4-6-34-13-15/h3-9,11-13,27H,2,10H2,1H3,(H,30,31)(H,32,33). The van der Waals surface area contributed by atoms with Gasteiger partial charge in [0.2, 0.25) is 0 Å². The first-order valence-corrected chi connectivity index (χ1v) is 10.9. The second kappa shape index (κ2) is 8.20. The minimum Gasteiger partial charge on any atom is -0.472 e. The second-order valence-electron chi connectivity index (χ2n) is 7.97. The Labute approximate surface area is 193 Å². The van der Waals surface area contributed by atoms with Crippen LogP contribution in [0.3, 0.4) is 0 Å². The number of aromatic nitrogens is 6. The molecule has 0 radical (unpaired) electrons. The SMILES string of the molecule is CCNCc1cncc(-c2cc3c(-c4nc5c(-c6ccoc6)nccc5[nH]4)n[nH]c3cc2F)c1. The normalized spacial score (nSPS) is 11.6. The number of furan rings is 1. The van der Waals surface area contributed by atoms with Crippen molar-refractivity contribution in [1.29, 1.82) is 0 Å². The third-order valence-electron chi connectivity index (χ3n) is 5.76. The van der Waals surface area contributed by atoms with Crippen molar-refractivity contribution in [2.75, 3.05) is 6.54 Å². The van der Waals surface area contributed by atoms with E-state index in [1.807, 2.05) is 25.1 Å². The molecule has 6 rings (SSSR count). The van der Waals surface area contributed by atoms with Crippen molar-refractivity contribution in [2.24, 2.45) is 0 Å². The molecule has 34 heavy (non-hydrogen) atoms. The van der Waals surface area contributed by atoms with Crippen molar-refractivity contribution in [3.05, 3.63) is 72.8 Å². The highest BCUT2D eigenvalue weighted by atomic mass is 19.1. The lowest BCUT2D eigenvalue weighted by atomic mass is 10.0. The molecule has 168 valence electrons. The third-order valence-corrected chi connectivity index (χ3v) is 5.76. The average molecular weight is 453 g/mol. The maximum Gasteiger partial charge on any atom is 0.159 e. The number of halogens is 1. The predicted molar refractivity (Wildman–Crippen MR) is 127 cm³/mol. The minimum atomic E-state index is -0.346. The summed E-state index contributed by atoms with van der Waals surface area (Å²) in [6.07, 6.45) is 8.40. The van der Waals surface area contributed by atoms with Gasteiger partial charge in [0.1, 0.15) is 22.7 Å². The van der Waals surface area contributed by atoms with E-state index >= 15 is 4.39 Å². The molecule has 0 unspecified atom stereocenters. The fraction of sp³-hybridized carbons (Fsp3) is 0.120. The maximum absolute atomic E-state index is 15.0. The van der Waals surface area contributed by atoms with Crippen LogP contribution in [0.5, 0.6) is 0 Å². The van der Waals surface area contributed by atoms with Crippen LogP contribution < -0.4 is 5.32 Å². The monoisotopic (exact) mass is 453 g/mol. The quantitative estimate of drug-likeness (QED) is 0.325. The zero-order valence-corrected chi connectivity index (χ0v) is 18.3. The molecule has 0 aliphatic rings. The summed E-state index contributed by atoms with van der Waals surface area (Å²) in [5.74, 6) is 0.219. The largest absolute Gasteiger partial charge is 0.472 e. The van der Waals surface area contributed by atoms with Gasteiger partial charge in [-0.25, -0.2) is 9.37 Å². The van der Waals surface area contributed by atoms with Gasteiger partial charge in [-0.15, -0.1) is 0 Å². The van der Waals surface area contributed by atoms with E-state index in [1.165, 1.54) is 6.07 Å². The molecule has 0 fully saturated rings. The van der Waals surface area contributed by atoms with E-state index in [-0.39, 0.29) is 5.82 Å². The number of H-pyrrole nitrogens is 2. The number of nitrogens with one attached hydrogen (secondary N) is 3. The topological polar surface area (TPSA) is 108 Å². The molecule has 0 bridgehead atoms. The Hall–Kier alpha value is -4.37. The highest BCUT2D eigenvalue weighted by Crippen LogP contribution is 2.33. The van der Waals surface area contributed by atoms with Gasteiger partial charge in [-0.2, -0.15) is 5.10 Å². The molecule has 6 aromatic rings. The summed E-state index contributed by atoms with van der Waals surface area (Å²) in [6.45, 7) is 3.56. The number of aromatic amines is 2. The molecule has 3 N–H and O–H groups in total. The molecular formula is C25H20FN7O. The number of fused-ring (bicyclic) bond motifs is 2. The molecule has 0 saturated carbocycles. The summed E-state index contributed by atoms with van der Waals surface area (Å²) in [5.41, 5.74) is 6.41. The molecule has 0 spiro atoms. The summed E-state index contributed by atoms with van der Waals surface area (Å²) in [7, 11) is 0. The van der Waals surface area contributed by atoms with Crippen LogP contribution in [0.1, 0.15) is 12.5 Å². The first kappa shape index (κ1) is 20.3. The van der Waals surface area contributed by atoms with Crippen LogP contribution >= 0.6 is 0 Å². The van der Waals surface area contributed by atoms with Gasteiger partial charge in [0.15, 0.2) is 5.82 Å². The lowest BCUT2D eigenvalue weighted by molar-refractivity contribution is 0.568. The molecule has 0 amide bonds. The van der Waals surface area contributed by atoms with Gasteiger partial charge >= 0.3 is 0 Å². The lowest BCUT2D eigenvalue weighted by Gasteiger charge is -2.07. The van der Waals surface area contributed by atoms with Crippen molar-refractivity contribution in [1.82, 2.24) is 35.5 Å². The van der Waals surface area contributed by atoms with Crippen LogP contribution in [0.4, 0.5) is 4.39 Å². The van der Waals surface area contributed by atoms with E-state index < -0.39 is 0 Å². The molecule has 0 atom stereocenters. The maximum atomic E-state index is 15.0. The summed E-state index contributed by atoms with van der Waals surface area (Å²) in [6, 6.07) is 8.90. The fourth-order valence-corrected chi connectivity index (χ4v) is 4.10. The van der Waals surface area contributed by atoms with Crippen molar-refractivity contribution in [2.45, 2.75) is 13.5 Å². The van der Waals surface area contributed by atoms with Crippen LogP contribution in [0.2, 0.25) is 0 Å². The van der Waals surface area contributed by atoms with E-state index in [0.29, 0.717) is 45.9 Å². The van der Waals surface area contributed by atoms with E-state index in [2.05, 4.69) is 30.5 Å². The number of rotatable bonds is 6. The van der Waals surface area contributed by atoms with E-state index in [9.17, 15) is 0 Å². The van der Waals surface area contributed by atoms with E-state index in [0.717, 1.165) is 28.6 Å². The number of imidazole rings is 1. The van der Waals surface area contributed by atoms with Crippen LogP contribution in [0, 0.1) is 5.82 Å². The van der Waals surface area contributed by atoms with E-state index in [4.69, 9.17) is 9.40 Å². The summed E-state index contributed by atoms with van der Waals surface area (Å²) in [5, 5.41) is 11.4. The number of hydrogen-bond acceptors (Lipinski definition) is 6. The van der Waals surface area contributed by atoms with Crippen LogP contribution in [0.15, 0.2) is 65.9 Å². The van der Waals surface area contributed by atoms with Crippen LogP contribution in [0.25, 0.3) is 55.8 Å². The third kappa shape index (κ3) is 3.43. The molecule has 0 saturated heterocycles. The molecule has 0 aliphatic carbocycles. The predicted octanol–water partition coefficient (Wildman–Crippen LogP) is 5.07. The zero-order valence-electron chi connectivity index (χ0n) is 18.3. The Morgan fingerprint density at radius 1 is 1.06 bits per heavy atom. The summed E-state index contributed by atoms with van der Waals surface area (Å²) >= 11 is 0. The Kier molecular flexibility index (Phi) is 4.88. The molecule has 9 heteroatoms. The molecule has 8 nitrogen and oxygen atoms in total. The highest BCUT2D eigenvalue weighted by molar-refractivity contribution is 5.97. The number of benzene rings is 1. The fourth-order valence-electron chi connectivity index (χ4n) is 4.10. The van der Waals surface area contributed by atoms with Gasteiger partial charge in [-0.05, 0) is 36.4 Å².